The number of hydrogen-bond donors (Lipinski definition) is 1. The van der Waals surface area contributed by atoms with Crippen LogP contribution in [0.1, 0.15) is 29.6 Å². The molecule has 2 N–H and O–H groups in total. The number of anilines is 1. The molecule has 0 unspecified atom stereocenters. The predicted molar refractivity (Wildman–Crippen MR) is 74.2 cm³/mol. The van der Waals surface area contributed by atoms with Gasteiger partial charge in [-0.2, -0.15) is 0 Å². The van der Waals surface area contributed by atoms with Gasteiger partial charge in [-0.05, 0) is 43.9 Å². The predicted octanol–water partition coefficient (Wildman–Crippen LogP) is 1.43. The lowest BCUT2D eigenvalue weighted by Gasteiger charge is -2.33. The molecule has 5 nitrogen and oxygen atoms in total. The standard InChI is InChI=1S/C14H21N3O2/c1-19-14(18)12-3-2-8-16-13(12)17-9-5-11(4-7-15)6-10-17/h2-3,8,11H,4-7,9-10,15H2,1H3. The van der Waals surface area contributed by atoms with Crippen molar-refractivity contribution in [3.63, 3.8) is 0 Å². The molecule has 104 valence electrons. The van der Waals surface area contributed by atoms with Gasteiger partial charge < -0.3 is 15.4 Å². The molecule has 1 aromatic heterocycles. The van der Waals surface area contributed by atoms with E-state index in [1.54, 1.807) is 18.3 Å². The molecule has 1 fully saturated rings. The van der Waals surface area contributed by atoms with Gasteiger partial charge in [-0.1, -0.05) is 0 Å². The molecular formula is C14H21N3O2. The van der Waals surface area contributed by atoms with Gasteiger partial charge in [0.05, 0.1) is 7.11 Å². The molecule has 1 aliphatic heterocycles. The number of hydrogen-bond acceptors (Lipinski definition) is 5. The number of esters is 1. The summed E-state index contributed by atoms with van der Waals surface area (Å²) in [5.41, 5.74) is 6.14. The van der Waals surface area contributed by atoms with Crippen molar-refractivity contribution in [2.45, 2.75) is 19.3 Å². The fraction of sp³-hybridized carbons (Fsp3) is 0.571. The average molecular weight is 263 g/mol. The van der Waals surface area contributed by atoms with E-state index in [9.17, 15) is 4.79 Å². The maximum absolute atomic E-state index is 11.7. The third-order valence-electron chi connectivity index (χ3n) is 3.68. The fourth-order valence-electron chi connectivity index (χ4n) is 2.59. The molecule has 19 heavy (non-hydrogen) atoms. The summed E-state index contributed by atoms with van der Waals surface area (Å²) in [5, 5.41) is 0. The quantitative estimate of drug-likeness (QED) is 0.832. The SMILES string of the molecule is COC(=O)c1cccnc1N1CCC(CCN)CC1. The van der Waals surface area contributed by atoms with Gasteiger partial charge in [0.1, 0.15) is 11.4 Å². The van der Waals surface area contributed by atoms with E-state index in [0.717, 1.165) is 44.7 Å². The lowest BCUT2D eigenvalue weighted by molar-refractivity contribution is 0.0601. The third kappa shape index (κ3) is 3.23. The molecule has 0 aromatic carbocycles. The summed E-state index contributed by atoms with van der Waals surface area (Å²) in [6, 6.07) is 3.52. The Bertz CT molecular complexity index is 428. The monoisotopic (exact) mass is 263 g/mol. The van der Waals surface area contributed by atoms with Crippen molar-refractivity contribution in [2.75, 3.05) is 31.6 Å². The van der Waals surface area contributed by atoms with E-state index in [2.05, 4.69) is 9.88 Å². The topological polar surface area (TPSA) is 68.5 Å². The second-order valence-corrected chi connectivity index (χ2v) is 4.87. The van der Waals surface area contributed by atoms with Crippen molar-refractivity contribution in [1.82, 2.24) is 4.98 Å². The van der Waals surface area contributed by atoms with E-state index in [0.29, 0.717) is 11.5 Å². The number of piperidine rings is 1. The van der Waals surface area contributed by atoms with Crippen LogP contribution in [0.4, 0.5) is 5.82 Å². The normalized spacial score (nSPS) is 16.4. The number of methoxy groups -OCH3 is 1. The highest BCUT2D eigenvalue weighted by molar-refractivity contribution is 5.94. The number of ether oxygens (including phenoxy) is 1. The molecule has 5 heteroatoms. The molecule has 0 amide bonds. The molecular weight excluding hydrogens is 242 g/mol. The molecule has 1 aliphatic rings. The lowest BCUT2D eigenvalue weighted by atomic mass is 9.93. The van der Waals surface area contributed by atoms with Gasteiger partial charge in [0.2, 0.25) is 0 Å². The first kappa shape index (κ1) is 13.8. The summed E-state index contributed by atoms with van der Waals surface area (Å²) in [6.07, 6.45) is 5.01. The van der Waals surface area contributed by atoms with Crippen LogP contribution in [-0.2, 0) is 4.74 Å². The van der Waals surface area contributed by atoms with Gasteiger partial charge in [0.25, 0.3) is 0 Å². The molecule has 1 saturated heterocycles. The number of nitrogens with zero attached hydrogens (tertiary/aromatic N) is 2. The highest BCUT2D eigenvalue weighted by atomic mass is 16.5. The van der Waals surface area contributed by atoms with Crippen LogP contribution < -0.4 is 10.6 Å². The first-order valence-electron chi connectivity index (χ1n) is 6.74. The summed E-state index contributed by atoms with van der Waals surface area (Å²) < 4.78 is 4.81. The summed E-state index contributed by atoms with van der Waals surface area (Å²) in [7, 11) is 1.40. The van der Waals surface area contributed by atoms with E-state index < -0.39 is 0 Å². The summed E-state index contributed by atoms with van der Waals surface area (Å²) in [5.74, 6) is 1.11. The van der Waals surface area contributed by atoms with Gasteiger partial charge in [-0.25, -0.2) is 9.78 Å². The van der Waals surface area contributed by atoms with Gasteiger partial charge in [0, 0.05) is 19.3 Å². The smallest absolute Gasteiger partial charge is 0.341 e. The van der Waals surface area contributed by atoms with E-state index in [1.807, 2.05) is 0 Å². The van der Waals surface area contributed by atoms with Gasteiger partial charge >= 0.3 is 5.97 Å². The zero-order chi connectivity index (χ0) is 13.7. The van der Waals surface area contributed by atoms with E-state index >= 15 is 0 Å². The second-order valence-electron chi connectivity index (χ2n) is 4.87. The van der Waals surface area contributed by atoms with E-state index in [1.165, 1.54) is 7.11 Å². The van der Waals surface area contributed by atoms with Crippen LogP contribution in [0.25, 0.3) is 0 Å². The van der Waals surface area contributed by atoms with Gasteiger partial charge in [0.15, 0.2) is 0 Å². The van der Waals surface area contributed by atoms with Crippen LogP contribution in [0.2, 0.25) is 0 Å². The van der Waals surface area contributed by atoms with Crippen molar-refractivity contribution >= 4 is 11.8 Å². The Hall–Kier alpha value is -1.62. The lowest BCUT2D eigenvalue weighted by Crippen LogP contribution is -2.35. The van der Waals surface area contributed by atoms with Crippen molar-refractivity contribution in [2.24, 2.45) is 11.7 Å². The number of aromatic nitrogens is 1. The molecule has 0 saturated carbocycles. The Labute approximate surface area is 113 Å². The fourth-order valence-corrected chi connectivity index (χ4v) is 2.59. The number of rotatable bonds is 4. The van der Waals surface area contributed by atoms with Gasteiger partial charge in [-0.3, -0.25) is 0 Å². The van der Waals surface area contributed by atoms with Crippen molar-refractivity contribution < 1.29 is 9.53 Å². The van der Waals surface area contributed by atoms with Crippen LogP contribution in [0.5, 0.6) is 0 Å². The molecule has 2 heterocycles. The average Bonchev–Trinajstić information content (AvgIpc) is 2.47. The summed E-state index contributed by atoms with van der Waals surface area (Å²) in [6.45, 7) is 2.60. The Morgan fingerprint density at radius 2 is 2.26 bits per heavy atom. The summed E-state index contributed by atoms with van der Waals surface area (Å²) in [4.78, 5) is 18.2. The molecule has 0 radical (unpaired) electrons. The van der Waals surface area contributed by atoms with Crippen LogP contribution in [0.15, 0.2) is 18.3 Å². The zero-order valence-electron chi connectivity index (χ0n) is 11.3. The Kier molecular flexibility index (Phi) is 4.74. The first-order chi connectivity index (χ1) is 9.26. The zero-order valence-corrected chi connectivity index (χ0v) is 11.3. The van der Waals surface area contributed by atoms with E-state index in [4.69, 9.17) is 10.5 Å². The van der Waals surface area contributed by atoms with Crippen LogP contribution >= 0.6 is 0 Å². The van der Waals surface area contributed by atoms with Crippen LogP contribution in [-0.4, -0.2) is 37.7 Å². The van der Waals surface area contributed by atoms with Crippen molar-refractivity contribution in [3.05, 3.63) is 23.9 Å². The van der Waals surface area contributed by atoms with Crippen molar-refractivity contribution in [1.29, 1.82) is 0 Å². The molecule has 0 aliphatic carbocycles. The Morgan fingerprint density at radius 1 is 1.53 bits per heavy atom. The van der Waals surface area contributed by atoms with E-state index in [-0.39, 0.29) is 5.97 Å². The second kappa shape index (κ2) is 6.52. The summed E-state index contributed by atoms with van der Waals surface area (Å²) >= 11 is 0. The molecule has 0 spiro atoms. The highest BCUT2D eigenvalue weighted by Gasteiger charge is 2.23. The molecule has 1 aromatic rings. The molecule has 2 rings (SSSR count). The molecule has 0 bridgehead atoms. The van der Waals surface area contributed by atoms with Crippen LogP contribution in [0, 0.1) is 5.92 Å². The third-order valence-corrected chi connectivity index (χ3v) is 3.68. The minimum Gasteiger partial charge on any atom is -0.465 e. The minimum absolute atomic E-state index is 0.327. The first-order valence-corrected chi connectivity index (χ1v) is 6.74. The van der Waals surface area contributed by atoms with Crippen molar-refractivity contribution in [3.8, 4) is 0 Å². The maximum Gasteiger partial charge on any atom is 0.341 e. The highest BCUT2D eigenvalue weighted by Crippen LogP contribution is 2.26. The molecule has 0 atom stereocenters. The van der Waals surface area contributed by atoms with Crippen LogP contribution in [0.3, 0.4) is 0 Å². The number of pyridine rings is 1. The van der Waals surface area contributed by atoms with Gasteiger partial charge in [-0.15, -0.1) is 0 Å². The Balaban J connectivity index is 2.09. The number of carbonyl (C=O) groups excluding carboxylic acids is 1. The number of nitrogens with two attached hydrogens (primary N) is 1. The largest absolute Gasteiger partial charge is 0.465 e. The number of carbonyl (C=O) groups is 1. The maximum atomic E-state index is 11.7. The minimum atomic E-state index is -0.327. The Morgan fingerprint density at radius 3 is 2.89 bits per heavy atom.